The van der Waals surface area contributed by atoms with Gasteiger partial charge in [-0.05, 0) is 31.0 Å². The number of aromatic hydroxyl groups is 1. The van der Waals surface area contributed by atoms with Crippen LogP contribution in [0.5, 0.6) is 5.75 Å². The molecule has 18 heavy (non-hydrogen) atoms. The average molecular weight is 266 g/mol. The first-order valence-electron chi connectivity index (χ1n) is 5.76. The van der Waals surface area contributed by atoms with E-state index in [0.717, 1.165) is 0 Å². The molecule has 96 valence electrons. The van der Waals surface area contributed by atoms with Gasteiger partial charge >= 0.3 is 0 Å². The van der Waals surface area contributed by atoms with Crippen molar-refractivity contribution in [3.63, 3.8) is 0 Å². The summed E-state index contributed by atoms with van der Waals surface area (Å²) in [7, 11) is 0. The van der Waals surface area contributed by atoms with Crippen molar-refractivity contribution in [2.24, 2.45) is 0 Å². The fraction of sp³-hybridized carbons (Fsp3) is 0.357. The van der Waals surface area contributed by atoms with E-state index in [1.54, 1.807) is 0 Å². The van der Waals surface area contributed by atoms with Crippen molar-refractivity contribution >= 4 is 17.5 Å². The largest absolute Gasteiger partial charge is 0.506 e. The van der Waals surface area contributed by atoms with Crippen LogP contribution in [-0.2, 0) is 0 Å². The molecule has 0 aromatic heterocycles. The molecule has 0 spiro atoms. The first-order valence-corrected chi connectivity index (χ1v) is 6.14. The zero-order valence-electron chi connectivity index (χ0n) is 10.5. The van der Waals surface area contributed by atoms with Crippen LogP contribution in [0.4, 0.5) is 0 Å². The summed E-state index contributed by atoms with van der Waals surface area (Å²) in [5, 5.41) is 12.3. The van der Waals surface area contributed by atoms with E-state index in [1.807, 2.05) is 13.8 Å². The van der Waals surface area contributed by atoms with Gasteiger partial charge in [0.15, 0.2) is 0 Å². The van der Waals surface area contributed by atoms with Crippen LogP contribution >= 0.6 is 11.6 Å². The number of carbonyl (C=O) groups is 1. The number of rotatable bonds is 4. The highest BCUT2D eigenvalue weighted by Gasteiger charge is 2.25. The lowest BCUT2D eigenvalue weighted by molar-refractivity contribution is 0.0916. The summed E-state index contributed by atoms with van der Waals surface area (Å²) >= 11 is 5.76. The summed E-state index contributed by atoms with van der Waals surface area (Å²) in [6.45, 7) is 3.85. The van der Waals surface area contributed by atoms with E-state index in [9.17, 15) is 9.90 Å². The molecule has 0 aliphatic carbocycles. The zero-order valence-corrected chi connectivity index (χ0v) is 11.2. The molecular formula is C14H16ClNO2. The number of terminal acetylenes is 1. The van der Waals surface area contributed by atoms with Gasteiger partial charge in [0.25, 0.3) is 5.91 Å². The van der Waals surface area contributed by atoms with Gasteiger partial charge in [0.1, 0.15) is 11.3 Å². The number of hydrogen-bond donors (Lipinski definition) is 2. The van der Waals surface area contributed by atoms with Gasteiger partial charge in [-0.1, -0.05) is 31.4 Å². The van der Waals surface area contributed by atoms with E-state index in [1.165, 1.54) is 18.2 Å². The summed E-state index contributed by atoms with van der Waals surface area (Å²) in [5.74, 6) is 2.28. The Morgan fingerprint density at radius 2 is 2.11 bits per heavy atom. The van der Waals surface area contributed by atoms with Crippen LogP contribution in [0.3, 0.4) is 0 Å². The molecule has 0 aliphatic heterocycles. The molecule has 0 atom stereocenters. The predicted molar refractivity (Wildman–Crippen MR) is 72.7 cm³/mol. The molecule has 0 saturated heterocycles. The van der Waals surface area contributed by atoms with E-state index >= 15 is 0 Å². The zero-order chi connectivity index (χ0) is 13.8. The molecule has 4 heteroatoms. The monoisotopic (exact) mass is 265 g/mol. The van der Waals surface area contributed by atoms with Gasteiger partial charge in [0, 0.05) is 5.56 Å². The first kappa shape index (κ1) is 14.4. The van der Waals surface area contributed by atoms with Gasteiger partial charge in [-0.25, -0.2) is 0 Å². The third-order valence-corrected chi connectivity index (χ3v) is 3.35. The van der Waals surface area contributed by atoms with Crippen LogP contribution in [0.2, 0.25) is 5.02 Å². The molecule has 2 N–H and O–H groups in total. The molecule has 0 radical (unpaired) electrons. The van der Waals surface area contributed by atoms with Crippen molar-refractivity contribution in [3.8, 4) is 18.1 Å². The Bertz CT molecular complexity index is 487. The van der Waals surface area contributed by atoms with Crippen LogP contribution in [0, 0.1) is 12.3 Å². The second-order valence-corrected chi connectivity index (χ2v) is 4.46. The second-order valence-electron chi connectivity index (χ2n) is 4.05. The summed E-state index contributed by atoms with van der Waals surface area (Å²) in [4.78, 5) is 12.1. The molecule has 1 amide bonds. The van der Waals surface area contributed by atoms with Gasteiger partial charge < -0.3 is 10.4 Å². The topological polar surface area (TPSA) is 49.3 Å². The third kappa shape index (κ3) is 2.96. The van der Waals surface area contributed by atoms with Crippen LogP contribution in [-0.4, -0.2) is 16.6 Å². The lowest BCUT2D eigenvalue weighted by Crippen LogP contribution is -2.46. The van der Waals surface area contributed by atoms with Gasteiger partial charge in [-0.3, -0.25) is 4.79 Å². The van der Waals surface area contributed by atoms with Gasteiger partial charge in [-0.15, -0.1) is 6.42 Å². The minimum Gasteiger partial charge on any atom is -0.506 e. The van der Waals surface area contributed by atoms with Crippen molar-refractivity contribution in [2.75, 3.05) is 0 Å². The van der Waals surface area contributed by atoms with Crippen molar-refractivity contribution in [2.45, 2.75) is 32.2 Å². The summed E-state index contributed by atoms with van der Waals surface area (Å²) in [6.07, 6.45) is 6.78. The SMILES string of the molecule is C#CC(CC)(CC)NC(=O)c1ccc(O)c(Cl)c1. The van der Waals surface area contributed by atoms with Gasteiger partial charge in [0.2, 0.25) is 0 Å². The fourth-order valence-electron chi connectivity index (χ4n) is 1.60. The summed E-state index contributed by atoms with van der Waals surface area (Å²) < 4.78 is 0. The van der Waals surface area contributed by atoms with E-state index < -0.39 is 5.54 Å². The molecule has 1 aromatic rings. The fourth-order valence-corrected chi connectivity index (χ4v) is 1.79. The number of halogens is 1. The smallest absolute Gasteiger partial charge is 0.252 e. The molecular weight excluding hydrogens is 250 g/mol. The Morgan fingerprint density at radius 3 is 2.56 bits per heavy atom. The standard InChI is InChI=1S/C14H16ClNO2/c1-4-14(5-2,6-3)16-13(18)10-7-8-12(17)11(15)9-10/h1,7-9,17H,5-6H2,2-3H3,(H,16,18). The van der Waals surface area contributed by atoms with Crippen LogP contribution in [0.25, 0.3) is 0 Å². The minimum absolute atomic E-state index is 0.0533. The molecule has 1 rings (SSSR count). The third-order valence-electron chi connectivity index (χ3n) is 3.05. The van der Waals surface area contributed by atoms with Crippen LogP contribution in [0.1, 0.15) is 37.0 Å². The number of hydrogen-bond acceptors (Lipinski definition) is 2. The van der Waals surface area contributed by atoms with Crippen molar-refractivity contribution in [1.29, 1.82) is 0 Å². The molecule has 0 unspecified atom stereocenters. The highest BCUT2D eigenvalue weighted by Crippen LogP contribution is 2.24. The van der Waals surface area contributed by atoms with Crippen LogP contribution < -0.4 is 5.32 Å². The Kier molecular flexibility index (Phi) is 4.63. The van der Waals surface area contributed by atoms with Crippen molar-refractivity contribution in [1.82, 2.24) is 5.32 Å². The lowest BCUT2D eigenvalue weighted by Gasteiger charge is -2.27. The van der Waals surface area contributed by atoms with Gasteiger partial charge in [0.05, 0.1) is 5.02 Å². The maximum Gasteiger partial charge on any atom is 0.252 e. The summed E-state index contributed by atoms with van der Waals surface area (Å²) in [6, 6.07) is 4.30. The highest BCUT2D eigenvalue weighted by atomic mass is 35.5. The van der Waals surface area contributed by atoms with Crippen LogP contribution in [0.15, 0.2) is 18.2 Å². The van der Waals surface area contributed by atoms with Crippen molar-refractivity contribution in [3.05, 3.63) is 28.8 Å². The first-order chi connectivity index (χ1) is 8.48. The number of nitrogens with one attached hydrogen (secondary N) is 1. The van der Waals surface area contributed by atoms with E-state index in [4.69, 9.17) is 18.0 Å². The molecule has 0 bridgehead atoms. The highest BCUT2D eigenvalue weighted by molar-refractivity contribution is 6.32. The number of phenolic OH excluding ortho intramolecular Hbond substituents is 1. The summed E-state index contributed by atoms with van der Waals surface area (Å²) in [5.41, 5.74) is -0.263. The van der Waals surface area contributed by atoms with Gasteiger partial charge in [-0.2, -0.15) is 0 Å². The number of phenols is 1. The quantitative estimate of drug-likeness (QED) is 0.823. The van der Waals surface area contributed by atoms with Crippen molar-refractivity contribution < 1.29 is 9.90 Å². The maximum atomic E-state index is 12.1. The number of carbonyl (C=O) groups excluding carboxylic acids is 1. The van der Waals surface area contributed by atoms with E-state index in [0.29, 0.717) is 18.4 Å². The maximum absolute atomic E-state index is 12.1. The molecule has 0 fully saturated rings. The Balaban J connectivity index is 2.95. The normalized spacial score (nSPS) is 10.8. The lowest BCUT2D eigenvalue weighted by atomic mass is 9.93. The Morgan fingerprint density at radius 1 is 1.50 bits per heavy atom. The minimum atomic E-state index is -0.637. The Labute approximate surface area is 112 Å². The predicted octanol–water partition coefficient (Wildman–Crippen LogP) is 2.97. The molecule has 0 saturated carbocycles. The van der Waals surface area contributed by atoms with E-state index in [2.05, 4.69) is 11.2 Å². The second kappa shape index (κ2) is 5.79. The molecule has 0 aliphatic rings. The molecule has 3 nitrogen and oxygen atoms in total. The number of amides is 1. The average Bonchev–Trinajstić information content (AvgIpc) is 2.39. The Hall–Kier alpha value is -1.66. The number of benzene rings is 1. The molecule has 1 aromatic carbocycles. The molecule has 0 heterocycles. The van der Waals surface area contributed by atoms with E-state index in [-0.39, 0.29) is 16.7 Å².